The van der Waals surface area contributed by atoms with E-state index in [9.17, 15) is 4.79 Å². The van der Waals surface area contributed by atoms with Crippen molar-refractivity contribution in [2.75, 3.05) is 11.2 Å². The third kappa shape index (κ3) is 4.34. The molecule has 5 heteroatoms. The van der Waals surface area contributed by atoms with Gasteiger partial charge < -0.3 is 5.32 Å². The van der Waals surface area contributed by atoms with Gasteiger partial charge in [0.2, 0.25) is 5.91 Å². The minimum atomic E-state index is -0.204. The second kappa shape index (κ2) is 6.45. The Labute approximate surface area is 94.6 Å². The molecule has 0 aliphatic heterocycles. The number of unbranched alkanes of at least 4 members (excludes halogenated alkanes) is 2. The average molecular weight is 230 g/mol. The summed E-state index contributed by atoms with van der Waals surface area (Å²) in [4.78, 5) is 11.0. The first kappa shape index (κ1) is 12.0. The van der Waals surface area contributed by atoms with Crippen LogP contribution in [-0.2, 0) is 11.3 Å². The van der Waals surface area contributed by atoms with Gasteiger partial charge in [-0.3, -0.25) is 9.48 Å². The zero-order chi connectivity index (χ0) is 11.1. The fraction of sp³-hybridized carbons (Fsp3) is 0.600. The number of aromatic nitrogens is 2. The lowest BCUT2D eigenvalue weighted by atomic mass is 10.2. The number of anilines is 1. The highest BCUT2D eigenvalue weighted by atomic mass is 35.5. The molecule has 0 saturated carbocycles. The molecule has 1 rings (SSSR count). The number of hydrogen-bond acceptors (Lipinski definition) is 2. The van der Waals surface area contributed by atoms with Gasteiger partial charge in [0.25, 0.3) is 0 Å². The Balaban J connectivity index is 2.38. The van der Waals surface area contributed by atoms with E-state index in [0.717, 1.165) is 13.0 Å². The third-order valence-electron chi connectivity index (χ3n) is 2.03. The highest BCUT2D eigenvalue weighted by Crippen LogP contribution is 2.06. The van der Waals surface area contributed by atoms with Crippen molar-refractivity contribution in [2.24, 2.45) is 0 Å². The van der Waals surface area contributed by atoms with Crippen molar-refractivity contribution >= 4 is 23.2 Å². The van der Waals surface area contributed by atoms with Gasteiger partial charge in [-0.1, -0.05) is 19.8 Å². The summed E-state index contributed by atoms with van der Waals surface area (Å²) in [6, 6.07) is 0. The molecule has 1 aromatic heterocycles. The Bertz CT molecular complexity index is 311. The lowest BCUT2D eigenvalue weighted by Gasteiger charge is -1.99. The van der Waals surface area contributed by atoms with Crippen LogP contribution in [0.5, 0.6) is 0 Å². The van der Waals surface area contributed by atoms with Crippen LogP contribution in [0.15, 0.2) is 12.4 Å². The summed E-state index contributed by atoms with van der Waals surface area (Å²) in [5, 5.41) is 6.78. The number of nitrogens with one attached hydrogen (secondary N) is 1. The number of rotatable bonds is 6. The van der Waals surface area contributed by atoms with Crippen LogP contribution in [0.2, 0.25) is 0 Å². The van der Waals surface area contributed by atoms with Gasteiger partial charge in [-0.2, -0.15) is 5.10 Å². The molecule has 15 heavy (non-hydrogen) atoms. The van der Waals surface area contributed by atoms with Crippen molar-refractivity contribution in [1.82, 2.24) is 9.78 Å². The first-order chi connectivity index (χ1) is 7.26. The van der Waals surface area contributed by atoms with E-state index in [1.807, 2.05) is 10.9 Å². The molecule has 0 atom stereocenters. The maximum atomic E-state index is 11.0. The topological polar surface area (TPSA) is 46.9 Å². The molecular formula is C10H16ClN3O. The molecule has 0 saturated heterocycles. The van der Waals surface area contributed by atoms with Crippen LogP contribution in [0, 0.1) is 0 Å². The fourth-order valence-electron chi connectivity index (χ4n) is 1.27. The van der Waals surface area contributed by atoms with E-state index in [2.05, 4.69) is 17.3 Å². The number of nitrogens with zero attached hydrogens (tertiary/aromatic N) is 2. The summed E-state index contributed by atoms with van der Waals surface area (Å²) in [6.07, 6.45) is 6.96. The number of amides is 1. The van der Waals surface area contributed by atoms with Gasteiger partial charge in [0, 0.05) is 12.7 Å². The molecule has 0 bridgehead atoms. The monoisotopic (exact) mass is 229 g/mol. The Morgan fingerprint density at radius 1 is 1.60 bits per heavy atom. The second-order valence-electron chi connectivity index (χ2n) is 3.38. The van der Waals surface area contributed by atoms with Gasteiger partial charge in [-0.05, 0) is 6.42 Å². The van der Waals surface area contributed by atoms with Crippen LogP contribution in [0.3, 0.4) is 0 Å². The normalized spacial score (nSPS) is 10.3. The molecule has 1 heterocycles. The highest BCUT2D eigenvalue weighted by Gasteiger charge is 2.02. The van der Waals surface area contributed by atoms with Crippen molar-refractivity contribution < 1.29 is 4.79 Å². The average Bonchev–Trinajstić information content (AvgIpc) is 2.66. The highest BCUT2D eigenvalue weighted by molar-refractivity contribution is 6.29. The Kier molecular flexibility index (Phi) is 5.18. The van der Waals surface area contributed by atoms with Crippen molar-refractivity contribution in [1.29, 1.82) is 0 Å². The van der Waals surface area contributed by atoms with Gasteiger partial charge in [0.05, 0.1) is 11.9 Å². The third-order valence-corrected chi connectivity index (χ3v) is 2.27. The van der Waals surface area contributed by atoms with E-state index in [1.54, 1.807) is 6.20 Å². The van der Waals surface area contributed by atoms with Crippen LogP contribution in [0.1, 0.15) is 26.2 Å². The maximum Gasteiger partial charge on any atom is 0.239 e. The van der Waals surface area contributed by atoms with Crippen LogP contribution >= 0.6 is 11.6 Å². The summed E-state index contributed by atoms with van der Waals surface area (Å²) in [5.41, 5.74) is 0.706. The summed E-state index contributed by atoms with van der Waals surface area (Å²) in [7, 11) is 0. The van der Waals surface area contributed by atoms with Crippen molar-refractivity contribution in [2.45, 2.75) is 32.7 Å². The van der Waals surface area contributed by atoms with E-state index >= 15 is 0 Å². The molecule has 0 unspecified atom stereocenters. The van der Waals surface area contributed by atoms with Gasteiger partial charge in [0.15, 0.2) is 0 Å². The van der Waals surface area contributed by atoms with E-state index in [-0.39, 0.29) is 11.8 Å². The first-order valence-corrected chi connectivity index (χ1v) is 5.68. The molecular weight excluding hydrogens is 214 g/mol. The molecule has 0 aromatic carbocycles. The maximum absolute atomic E-state index is 11.0. The van der Waals surface area contributed by atoms with Crippen LogP contribution < -0.4 is 5.32 Å². The number of alkyl halides is 1. The molecule has 0 fully saturated rings. The minimum absolute atomic E-state index is 0.0268. The fourth-order valence-corrected chi connectivity index (χ4v) is 1.34. The molecule has 4 nitrogen and oxygen atoms in total. The summed E-state index contributed by atoms with van der Waals surface area (Å²) >= 11 is 5.37. The Hall–Kier alpha value is -1.03. The number of hydrogen-bond donors (Lipinski definition) is 1. The van der Waals surface area contributed by atoms with Gasteiger partial charge >= 0.3 is 0 Å². The molecule has 1 aromatic rings. The second-order valence-corrected chi connectivity index (χ2v) is 3.65. The number of carbonyl (C=O) groups is 1. The molecule has 1 amide bonds. The standard InChI is InChI=1S/C10H16ClN3O/c1-2-3-4-5-14-8-9(7-12-14)13-10(15)6-11/h7-8H,2-6H2,1H3,(H,13,15). The Morgan fingerprint density at radius 3 is 3.07 bits per heavy atom. The van der Waals surface area contributed by atoms with Crippen molar-refractivity contribution in [3.63, 3.8) is 0 Å². The summed E-state index contributed by atoms with van der Waals surface area (Å²) in [6.45, 7) is 3.06. The molecule has 0 aliphatic carbocycles. The van der Waals surface area contributed by atoms with E-state index in [0.29, 0.717) is 5.69 Å². The lowest BCUT2D eigenvalue weighted by Crippen LogP contribution is -2.11. The SMILES string of the molecule is CCCCCn1cc(NC(=O)CCl)cn1. The zero-order valence-corrected chi connectivity index (χ0v) is 9.63. The van der Waals surface area contributed by atoms with Crippen molar-refractivity contribution in [3.05, 3.63) is 12.4 Å². The van der Waals surface area contributed by atoms with E-state index in [4.69, 9.17) is 11.6 Å². The quantitative estimate of drug-likeness (QED) is 0.601. The van der Waals surface area contributed by atoms with Crippen LogP contribution in [0.25, 0.3) is 0 Å². The van der Waals surface area contributed by atoms with Gasteiger partial charge in [-0.15, -0.1) is 11.6 Å². The minimum Gasteiger partial charge on any atom is -0.322 e. The molecule has 1 N–H and O–H groups in total. The smallest absolute Gasteiger partial charge is 0.239 e. The molecule has 84 valence electrons. The number of carbonyl (C=O) groups excluding carboxylic acids is 1. The lowest BCUT2D eigenvalue weighted by molar-refractivity contribution is -0.113. The Morgan fingerprint density at radius 2 is 2.40 bits per heavy atom. The zero-order valence-electron chi connectivity index (χ0n) is 8.87. The largest absolute Gasteiger partial charge is 0.322 e. The molecule has 0 aliphatic rings. The molecule has 0 spiro atoms. The number of halogens is 1. The van der Waals surface area contributed by atoms with E-state index in [1.165, 1.54) is 12.8 Å². The van der Waals surface area contributed by atoms with Gasteiger partial charge in [0.1, 0.15) is 5.88 Å². The van der Waals surface area contributed by atoms with E-state index < -0.39 is 0 Å². The van der Waals surface area contributed by atoms with Gasteiger partial charge in [-0.25, -0.2) is 0 Å². The summed E-state index contributed by atoms with van der Waals surface area (Å²) < 4.78 is 1.83. The number of aryl methyl sites for hydroxylation is 1. The van der Waals surface area contributed by atoms with Crippen LogP contribution in [0.4, 0.5) is 5.69 Å². The molecule has 0 radical (unpaired) electrons. The predicted octanol–water partition coefficient (Wildman–Crippen LogP) is 2.25. The predicted molar refractivity (Wildman–Crippen MR) is 61.1 cm³/mol. The first-order valence-electron chi connectivity index (χ1n) is 5.14. The van der Waals surface area contributed by atoms with Crippen molar-refractivity contribution in [3.8, 4) is 0 Å². The van der Waals surface area contributed by atoms with Crippen LogP contribution in [-0.4, -0.2) is 21.6 Å². The summed E-state index contributed by atoms with van der Waals surface area (Å²) in [5.74, 6) is -0.231.